The molecule has 1 rings (SSSR count). The molecule has 0 spiro atoms. The van der Waals surface area contributed by atoms with Crippen molar-refractivity contribution in [2.45, 2.75) is 13.0 Å². The van der Waals surface area contributed by atoms with Crippen LogP contribution in [0, 0.1) is 6.92 Å². The van der Waals surface area contributed by atoms with Gasteiger partial charge in [-0.15, -0.1) is 0 Å². The second-order valence-corrected chi connectivity index (χ2v) is 3.79. The number of anilines is 1. The molecule has 0 aromatic heterocycles. The second kappa shape index (κ2) is 6.02. The lowest BCUT2D eigenvalue weighted by Crippen LogP contribution is -2.38. The minimum Gasteiger partial charge on any atom is -0.479 e. The SMILES string of the molecule is COC(CNC(=O)c1cccc(N)c1C)C(=O)O. The highest BCUT2D eigenvalue weighted by Gasteiger charge is 2.18. The molecule has 0 bridgehead atoms. The van der Waals surface area contributed by atoms with E-state index >= 15 is 0 Å². The molecule has 0 saturated heterocycles. The van der Waals surface area contributed by atoms with E-state index < -0.39 is 12.1 Å². The second-order valence-electron chi connectivity index (χ2n) is 3.79. The van der Waals surface area contributed by atoms with Crippen LogP contribution in [0.4, 0.5) is 5.69 Å². The molecule has 0 aliphatic rings. The summed E-state index contributed by atoms with van der Waals surface area (Å²) >= 11 is 0. The van der Waals surface area contributed by atoms with Gasteiger partial charge < -0.3 is 20.9 Å². The van der Waals surface area contributed by atoms with Crippen LogP contribution in [0.5, 0.6) is 0 Å². The number of nitrogen functional groups attached to an aromatic ring is 1. The Bertz CT molecular complexity index is 459. The fourth-order valence-electron chi connectivity index (χ4n) is 1.45. The third-order valence-corrected chi connectivity index (χ3v) is 2.63. The van der Waals surface area contributed by atoms with E-state index in [-0.39, 0.29) is 12.5 Å². The molecule has 1 unspecified atom stereocenters. The van der Waals surface area contributed by atoms with Crippen molar-refractivity contribution in [3.8, 4) is 0 Å². The number of nitrogens with two attached hydrogens (primary N) is 1. The van der Waals surface area contributed by atoms with Crippen molar-refractivity contribution in [1.29, 1.82) is 0 Å². The molecule has 6 heteroatoms. The molecule has 0 aliphatic carbocycles. The first-order valence-electron chi connectivity index (χ1n) is 5.36. The van der Waals surface area contributed by atoms with Gasteiger partial charge in [0.25, 0.3) is 5.91 Å². The summed E-state index contributed by atoms with van der Waals surface area (Å²) in [5.41, 5.74) is 7.30. The molecule has 1 aromatic carbocycles. The van der Waals surface area contributed by atoms with Gasteiger partial charge in [0.2, 0.25) is 0 Å². The van der Waals surface area contributed by atoms with E-state index in [1.54, 1.807) is 25.1 Å². The number of methoxy groups -OCH3 is 1. The summed E-state index contributed by atoms with van der Waals surface area (Å²) in [6.45, 7) is 1.63. The lowest BCUT2D eigenvalue weighted by molar-refractivity contribution is -0.148. The summed E-state index contributed by atoms with van der Waals surface area (Å²) in [6, 6.07) is 4.99. The molecule has 18 heavy (non-hydrogen) atoms. The van der Waals surface area contributed by atoms with Crippen molar-refractivity contribution in [3.05, 3.63) is 29.3 Å². The van der Waals surface area contributed by atoms with E-state index in [0.717, 1.165) is 0 Å². The normalized spacial score (nSPS) is 11.9. The molecular weight excluding hydrogens is 236 g/mol. The molecule has 4 N–H and O–H groups in total. The molecule has 98 valence electrons. The van der Waals surface area contributed by atoms with Crippen LogP contribution in [0.2, 0.25) is 0 Å². The number of nitrogens with one attached hydrogen (secondary N) is 1. The standard InChI is InChI=1S/C12H16N2O4/c1-7-8(4-3-5-9(7)13)11(15)14-6-10(18-2)12(16)17/h3-5,10H,6,13H2,1-2H3,(H,14,15)(H,16,17). The van der Waals surface area contributed by atoms with Crippen LogP contribution in [0.3, 0.4) is 0 Å². The topological polar surface area (TPSA) is 102 Å². The van der Waals surface area contributed by atoms with Gasteiger partial charge in [-0.2, -0.15) is 0 Å². The number of aliphatic carboxylic acids is 1. The van der Waals surface area contributed by atoms with Crippen LogP contribution in [0.25, 0.3) is 0 Å². The largest absolute Gasteiger partial charge is 0.479 e. The third kappa shape index (κ3) is 3.21. The Morgan fingerprint density at radius 3 is 2.72 bits per heavy atom. The first-order valence-corrected chi connectivity index (χ1v) is 5.36. The number of carbonyl (C=O) groups excluding carboxylic acids is 1. The fraction of sp³-hybridized carbons (Fsp3) is 0.333. The average Bonchev–Trinajstić information content (AvgIpc) is 2.32. The van der Waals surface area contributed by atoms with Crippen molar-refractivity contribution in [3.63, 3.8) is 0 Å². The maximum absolute atomic E-state index is 11.8. The molecule has 1 amide bonds. The minimum atomic E-state index is -1.12. The van der Waals surface area contributed by atoms with Crippen LogP contribution in [0.15, 0.2) is 18.2 Å². The smallest absolute Gasteiger partial charge is 0.334 e. The highest BCUT2D eigenvalue weighted by molar-refractivity contribution is 5.97. The summed E-state index contributed by atoms with van der Waals surface area (Å²) in [5, 5.41) is 11.3. The summed E-state index contributed by atoms with van der Waals surface area (Å²) in [7, 11) is 1.27. The monoisotopic (exact) mass is 252 g/mol. The lowest BCUT2D eigenvalue weighted by atomic mass is 10.1. The first kappa shape index (κ1) is 14.0. The molecule has 0 fully saturated rings. The van der Waals surface area contributed by atoms with E-state index in [4.69, 9.17) is 15.6 Å². The van der Waals surface area contributed by atoms with Gasteiger partial charge in [-0.1, -0.05) is 6.07 Å². The van der Waals surface area contributed by atoms with E-state index in [1.165, 1.54) is 7.11 Å². The molecule has 6 nitrogen and oxygen atoms in total. The zero-order valence-electron chi connectivity index (χ0n) is 10.3. The summed E-state index contributed by atoms with van der Waals surface area (Å²) in [6.07, 6.45) is -1.06. The minimum absolute atomic E-state index is 0.0983. The van der Waals surface area contributed by atoms with Gasteiger partial charge >= 0.3 is 5.97 Å². The van der Waals surface area contributed by atoms with E-state index in [0.29, 0.717) is 16.8 Å². The Kier molecular flexibility index (Phi) is 4.67. The Hall–Kier alpha value is -2.08. The maximum Gasteiger partial charge on any atom is 0.334 e. The van der Waals surface area contributed by atoms with Crippen LogP contribution in [0.1, 0.15) is 15.9 Å². The summed E-state index contributed by atoms with van der Waals surface area (Å²) in [4.78, 5) is 22.5. The molecule has 1 atom stereocenters. The van der Waals surface area contributed by atoms with Gasteiger partial charge in [-0.25, -0.2) is 4.79 Å². The van der Waals surface area contributed by atoms with Crippen molar-refractivity contribution in [2.75, 3.05) is 19.4 Å². The number of amides is 1. The van der Waals surface area contributed by atoms with Crippen LogP contribution in [-0.2, 0) is 9.53 Å². The maximum atomic E-state index is 11.8. The number of carboxylic acid groups (broad SMARTS) is 1. The molecule has 0 aliphatic heterocycles. The quantitative estimate of drug-likeness (QED) is 0.659. The number of carbonyl (C=O) groups is 2. The van der Waals surface area contributed by atoms with Gasteiger partial charge in [0, 0.05) is 18.4 Å². The number of ether oxygens (including phenoxy) is 1. The van der Waals surface area contributed by atoms with Gasteiger partial charge in [-0.05, 0) is 24.6 Å². The van der Waals surface area contributed by atoms with Gasteiger partial charge in [0.05, 0.1) is 6.54 Å². The van der Waals surface area contributed by atoms with E-state index in [1.807, 2.05) is 0 Å². The Balaban J connectivity index is 2.71. The number of hydrogen-bond acceptors (Lipinski definition) is 4. The highest BCUT2D eigenvalue weighted by atomic mass is 16.5. The predicted octanol–water partition coefficient (Wildman–Crippen LogP) is 0.407. The van der Waals surface area contributed by atoms with Crippen LogP contribution >= 0.6 is 0 Å². The van der Waals surface area contributed by atoms with Crippen molar-refractivity contribution in [2.24, 2.45) is 0 Å². The van der Waals surface area contributed by atoms with Crippen molar-refractivity contribution < 1.29 is 19.4 Å². The lowest BCUT2D eigenvalue weighted by Gasteiger charge is -2.13. The first-order chi connectivity index (χ1) is 8.47. The van der Waals surface area contributed by atoms with E-state index in [9.17, 15) is 9.59 Å². The molecule has 0 radical (unpaired) electrons. The Morgan fingerprint density at radius 2 is 2.17 bits per heavy atom. The van der Waals surface area contributed by atoms with Gasteiger partial charge in [0.1, 0.15) is 0 Å². The van der Waals surface area contributed by atoms with Crippen LogP contribution in [-0.4, -0.2) is 36.7 Å². The average molecular weight is 252 g/mol. The van der Waals surface area contributed by atoms with Crippen molar-refractivity contribution >= 4 is 17.6 Å². The summed E-state index contributed by atoms with van der Waals surface area (Å²) in [5.74, 6) is -1.50. The highest BCUT2D eigenvalue weighted by Crippen LogP contribution is 2.15. The predicted molar refractivity (Wildman–Crippen MR) is 66.4 cm³/mol. The molecule has 0 heterocycles. The number of hydrogen-bond donors (Lipinski definition) is 3. The zero-order chi connectivity index (χ0) is 13.7. The number of benzene rings is 1. The molecule has 0 saturated carbocycles. The van der Waals surface area contributed by atoms with Crippen LogP contribution < -0.4 is 11.1 Å². The van der Waals surface area contributed by atoms with Crippen molar-refractivity contribution in [1.82, 2.24) is 5.32 Å². The van der Waals surface area contributed by atoms with Gasteiger partial charge in [-0.3, -0.25) is 4.79 Å². The Morgan fingerprint density at radius 1 is 1.50 bits per heavy atom. The molecule has 1 aromatic rings. The summed E-state index contributed by atoms with van der Waals surface area (Å²) < 4.78 is 4.71. The Labute approximate surface area is 105 Å². The molecular formula is C12H16N2O4. The number of carboxylic acids is 1. The number of rotatable bonds is 5. The zero-order valence-corrected chi connectivity index (χ0v) is 10.3. The van der Waals surface area contributed by atoms with Gasteiger partial charge in [0.15, 0.2) is 6.10 Å². The van der Waals surface area contributed by atoms with E-state index in [2.05, 4.69) is 5.32 Å². The third-order valence-electron chi connectivity index (χ3n) is 2.63. The fourth-order valence-corrected chi connectivity index (χ4v) is 1.45.